The fraction of sp³-hybridized carbons (Fsp3) is 0.500. The van der Waals surface area contributed by atoms with Crippen molar-refractivity contribution in [3.63, 3.8) is 0 Å². The van der Waals surface area contributed by atoms with Gasteiger partial charge in [0, 0.05) is 23.8 Å². The fourth-order valence-corrected chi connectivity index (χ4v) is 2.92. The molecule has 0 spiro atoms. The van der Waals surface area contributed by atoms with Crippen molar-refractivity contribution in [3.8, 4) is 0 Å². The number of benzene rings is 1. The Labute approximate surface area is 126 Å². The minimum Gasteiger partial charge on any atom is -0.326 e. The van der Waals surface area contributed by atoms with Crippen molar-refractivity contribution >= 4 is 27.3 Å². The molecule has 0 aromatic heterocycles. The summed E-state index contributed by atoms with van der Waals surface area (Å²) in [5, 5.41) is 5.73. The van der Waals surface area contributed by atoms with Crippen LogP contribution in [0.2, 0.25) is 0 Å². The average Bonchev–Trinajstić information content (AvgIpc) is 2.40. The lowest BCUT2D eigenvalue weighted by atomic mass is 10.1. The zero-order valence-electron chi connectivity index (χ0n) is 12.6. The second-order valence-electron chi connectivity index (χ2n) is 4.95. The predicted molar refractivity (Wildman–Crippen MR) is 85.9 cm³/mol. The molecule has 1 unspecified atom stereocenters. The normalized spacial score (nSPS) is 12.7. The molecule has 0 saturated carbocycles. The van der Waals surface area contributed by atoms with E-state index in [-0.39, 0.29) is 17.6 Å². The van der Waals surface area contributed by atoms with Crippen LogP contribution in [0.1, 0.15) is 20.3 Å². The van der Waals surface area contributed by atoms with Gasteiger partial charge in [-0.3, -0.25) is 9.52 Å². The number of hydrogen-bond acceptors (Lipinski definition) is 4. The Morgan fingerprint density at radius 3 is 2.29 bits per heavy atom. The van der Waals surface area contributed by atoms with Crippen LogP contribution in [0, 0.1) is 5.92 Å². The number of hydrogen-bond donors (Lipinski definition) is 3. The second kappa shape index (κ2) is 7.99. The Hall–Kier alpha value is -1.60. The van der Waals surface area contributed by atoms with Gasteiger partial charge in [-0.25, -0.2) is 8.42 Å². The lowest BCUT2D eigenvalue weighted by Crippen LogP contribution is -2.28. The quantitative estimate of drug-likeness (QED) is 0.681. The summed E-state index contributed by atoms with van der Waals surface area (Å²) in [4.78, 5) is 11.8. The van der Waals surface area contributed by atoms with Crippen LogP contribution in [-0.2, 0) is 14.8 Å². The molecule has 0 heterocycles. The highest BCUT2D eigenvalue weighted by Gasteiger charge is 2.12. The number of rotatable bonds is 8. The first-order valence-electron chi connectivity index (χ1n) is 6.94. The summed E-state index contributed by atoms with van der Waals surface area (Å²) in [6.07, 6.45) is 0.562. The maximum absolute atomic E-state index is 11.8. The Balaban J connectivity index is 2.64. The van der Waals surface area contributed by atoms with Crippen LogP contribution < -0.4 is 15.4 Å². The predicted octanol–water partition coefficient (Wildman–Crippen LogP) is 1.63. The average molecular weight is 313 g/mol. The summed E-state index contributed by atoms with van der Waals surface area (Å²) in [5.74, 6) is -0.131. The van der Waals surface area contributed by atoms with Crippen LogP contribution in [0.5, 0.6) is 0 Å². The molecular weight excluding hydrogens is 290 g/mol. The molecule has 0 aliphatic carbocycles. The van der Waals surface area contributed by atoms with E-state index in [9.17, 15) is 13.2 Å². The SMILES string of the molecule is CCCS(=O)(=O)Nc1ccc(NC(=O)C(C)CNC)cc1. The third-order valence-electron chi connectivity index (χ3n) is 2.86. The van der Waals surface area contributed by atoms with Gasteiger partial charge in [-0.2, -0.15) is 0 Å². The molecule has 1 amide bonds. The standard InChI is InChI=1S/C14H23N3O3S/c1-4-9-21(19,20)17-13-7-5-12(6-8-13)16-14(18)11(2)10-15-3/h5-8,11,15,17H,4,9-10H2,1-3H3,(H,16,18). The van der Waals surface area contributed by atoms with Gasteiger partial charge in [0.2, 0.25) is 15.9 Å². The highest BCUT2D eigenvalue weighted by molar-refractivity contribution is 7.92. The van der Waals surface area contributed by atoms with Crippen molar-refractivity contribution < 1.29 is 13.2 Å². The van der Waals surface area contributed by atoms with Crippen molar-refractivity contribution in [3.05, 3.63) is 24.3 Å². The summed E-state index contributed by atoms with van der Waals surface area (Å²) < 4.78 is 25.8. The van der Waals surface area contributed by atoms with Gasteiger partial charge >= 0.3 is 0 Å². The zero-order valence-corrected chi connectivity index (χ0v) is 13.5. The molecule has 21 heavy (non-hydrogen) atoms. The van der Waals surface area contributed by atoms with Gasteiger partial charge in [0.15, 0.2) is 0 Å². The Morgan fingerprint density at radius 1 is 1.19 bits per heavy atom. The van der Waals surface area contributed by atoms with E-state index >= 15 is 0 Å². The molecular formula is C14H23N3O3S. The molecule has 1 atom stereocenters. The maximum atomic E-state index is 11.8. The van der Waals surface area contributed by atoms with Crippen molar-refractivity contribution in [1.29, 1.82) is 0 Å². The van der Waals surface area contributed by atoms with Crippen molar-refractivity contribution in [2.75, 3.05) is 29.4 Å². The molecule has 0 aliphatic heterocycles. The fourth-order valence-electron chi connectivity index (χ4n) is 1.79. The highest BCUT2D eigenvalue weighted by atomic mass is 32.2. The number of anilines is 2. The Kier molecular flexibility index (Phi) is 6.64. The van der Waals surface area contributed by atoms with Crippen LogP contribution in [0.25, 0.3) is 0 Å². The topological polar surface area (TPSA) is 87.3 Å². The van der Waals surface area contributed by atoms with E-state index < -0.39 is 10.0 Å². The summed E-state index contributed by atoms with van der Waals surface area (Å²) in [6, 6.07) is 6.61. The van der Waals surface area contributed by atoms with Crippen molar-refractivity contribution in [2.45, 2.75) is 20.3 Å². The third kappa shape index (κ3) is 6.14. The minimum absolute atomic E-state index is 0.0799. The Morgan fingerprint density at radius 2 is 1.76 bits per heavy atom. The highest BCUT2D eigenvalue weighted by Crippen LogP contribution is 2.15. The molecule has 118 valence electrons. The maximum Gasteiger partial charge on any atom is 0.232 e. The molecule has 0 bridgehead atoms. The number of amides is 1. The summed E-state index contributed by atoms with van der Waals surface area (Å²) in [7, 11) is -1.49. The molecule has 0 radical (unpaired) electrons. The largest absolute Gasteiger partial charge is 0.326 e. The van der Waals surface area contributed by atoms with Crippen molar-refractivity contribution in [2.24, 2.45) is 5.92 Å². The van der Waals surface area contributed by atoms with Gasteiger partial charge in [-0.05, 0) is 37.7 Å². The first kappa shape index (κ1) is 17.5. The molecule has 1 aromatic carbocycles. The van der Waals surface area contributed by atoms with E-state index in [1.54, 1.807) is 31.3 Å². The molecule has 7 heteroatoms. The van der Waals surface area contributed by atoms with E-state index in [0.717, 1.165) is 0 Å². The number of sulfonamides is 1. The van der Waals surface area contributed by atoms with Gasteiger partial charge in [-0.15, -0.1) is 0 Å². The summed E-state index contributed by atoms with van der Waals surface area (Å²) >= 11 is 0. The van der Waals surface area contributed by atoms with E-state index in [1.807, 2.05) is 13.8 Å². The van der Waals surface area contributed by atoms with Gasteiger partial charge in [0.25, 0.3) is 0 Å². The van der Waals surface area contributed by atoms with Gasteiger partial charge in [-0.1, -0.05) is 13.8 Å². The molecule has 0 saturated heterocycles. The van der Waals surface area contributed by atoms with E-state index in [4.69, 9.17) is 0 Å². The number of carbonyl (C=O) groups excluding carboxylic acids is 1. The van der Waals surface area contributed by atoms with Crippen LogP contribution in [0.3, 0.4) is 0 Å². The summed E-state index contributed by atoms with van der Waals surface area (Å²) in [6.45, 7) is 4.24. The minimum atomic E-state index is -3.29. The molecule has 6 nitrogen and oxygen atoms in total. The molecule has 3 N–H and O–H groups in total. The number of carbonyl (C=O) groups is 1. The van der Waals surface area contributed by atoms with Gasteiger partial charge < -0.3 is 10.6 Å². The van der Waals surface area contributed by atoms with Crippen LogP contribution >= 0.6 is 0 Å². The molecule has 1 rings (SSSR count). The third-order valence-corrected chi connectivity index (χ3v) is 4.35. The first-order chi connectivity index (χ1) is 9.88. The zero-order chi connectivity index (χ0) is 15.9. The van der Waals surface area contributed by atoms with Crippen LogP contribution in [-0.4, -0.2) is 33.7 Å². The molecule has 0 aliphatic rings. The van der Waals surface area contributed by atoms with Crippen LogP contribution in [0.4, 0.5) is 11.4 Å². The van der Waals surface area contributed by atoms with Crippen molar-refractivity contribution in [1.82, 2.24) is 5.32 Å². The Bertz CT molecular complexity index is 555. The van der Waals surface area contributed by atoms with E-state index in [1.165, 1.54) is 0 Å². The lowest BCUT2D eigenvalue weighted by molar-refractivity contribution is -0.119. The monoisotopic (exact) mass is 313 g/mol. The van der Waals surface area contributed by atoms with E-state index in [2.05, 4.69) is 15.4 Å². The van der Waals surface area contributed by atoms with E-state index in [0.29, 0.717) is 24.3 Å². The summed E-state index contributed by atoms with van der Waals surface area (Å²) in [5.41, 5.74) is 1.13. The van der Waals surface area contributed by atoms with Crippen LogP contribution in [0.15, 0.2) is 24.3 Å². The first-order valence-corrected chi connectivity index (χ1v) is 8.59. The molecule has 0 fully saturated rings. The number of nitrogens with one attached hydrogen (secondary N) is 3. The second-order valence-corrected chi connectivity index (χ2v) is 6.79. The smallest absolute Gasteiger partial charge is 0.232 e. The lowest BCUT2D eigenvalue weighted by Gasteiger charge is -2.12. The van der Waals surface area contributed by atoms with Gasteiger partial charge in [0.1, 0.15) is 0 Å². The van der Waals surface area contributed by atoms with Gasteiger partial charge in [0.05, 0.1) is 5.75 Å². The molecule has 1 aromatic rings.